The minimum atomic E-state index is -0.854. The third-order valence-electron chi connectivity index (χ3n) is 4.38. The van der Waals surface area contributed by atoms with Crippen LogP contribution in [0.25, 0.3) is 0 Å². The van der Waals surface area contributed by atoms with Gasteiger partial charge in [0.2, 0.25) is 5.91 Å². The van der Waals surface area contributed by atoms with Gasteiger partial charge in [-0.15, -0.1) is 10.2 Å². The molecule has 0 saturated heterocycles. The van der Waals surface area contributed by atoms with Crippen LogP contribution in [0.2, 0.25) is 0 Å². The summed E-state index contributed by atoms with van der Waals surface area (Å²) in [6.07, 6.45) is 2.92. The number of carboxylic acid groups (broad SMARTS) is 1. The SMILES string of the molecule is CC1CC(C(=O)O)C(C(=O)N2CCn3cnnc3C2)C1. The number of amides is 1. The molecule has 0 bridgehead atoms. The molecular weight excluding hydrogens is 260 g/mol. The second-order valence-electron chi connectivity index (χ2n) is 5.83. The highest BCUT2D eigenvalue weighted by Crippen LogP contribution is 2.37. The van der Waals surface area contributed by atoms with Crippen LogP contribution in [0, 0.1) is 17.8 Å². The molecule has 20 heavy (non-hydrogen) atoms. The summed E-state index contributed by atoms with van der Waals surface area (Å²) in [4.78, 5) is 25.6. The first-order valence-corrected chi connectivity index (χ1v) is 6.94. The van der Waals surface area contributed by atoms with Gasteiger partial charge in [-0.05, 0) is 18.8 Å². The van der Waals surface area contributed by atoms with E-state index in [2.05, 4.69) is 10.2 Å². The molecule has 1 saturated carbocycles. The molecule has 1 aromatic rings. The van der Waals surface area contributed by atoms with Crippen molar-refractivity contribution in [2.45, 2.75) is 32.9 Å². The van der Waals surface area contributed by atoms with Gasteiger partial charge in [0.15, 0.2) is 5.82 Å². The number of aromatic nitrogens is 3. The van der Waals surface area contributed by atoms with Gasteiger partial charge in [-0.2, -0.15) is 0 Å². The zero-order valence-corrected chi connectivity index (χ0v) is 11.4. The topological polar surface area (TPSA) is 88.3 Å². The van der Waals surface area contributed by atoms with Gasteiger partial charge < -0.3 is 14.6 Å². The average Bonchev–Trinajstić information content (AvgIpc) is 3.02. The molecule has 1 aliphatic heterocycles. The van der Waals surface area contributed by atoms with Crippen molar-refractivity contribution in [2.24, 2.45) is 17.8 Å². The standard InChI is InChI=1S/C13H18N4O3/c1-8-4-9(10(5-8)13(19)20)12(18)16-2-3-17-7-14-15-11(17)6-16/h7-10H,2-6H2,1H3,(H,19,20). The molecule has 1 aliphatic carbocycles. The summed E-state index contributed by atoms with van der Waals surface area (Å²) in [6.45, 7) is 3.71. The predicted molar refractivity (Wildman–Crippen MR) is 68.5 cm³/mol. The molecule has 1 amide bonds. The Balaban J connectivity index is 1.74. The Morgan fingerprint density at radius 1 is 1.30 bits per heavy atom. The molecule has 3 rings (SSSR count). The van der Waals surface area contributed by atoms with Crippen molar-refractivity contribution < 1.29 is 14.7 Å². The lowest BCUT2D eigenvalue weighted by Gasteiger charge is -2.30. The summed E-state index contributed by atoms with van der Waals surface area (Å²) in [5.74, 6) is -0.779. The normalized spacial score (nSPS) is 29.2. The molecule has 0 spiro atoms. The number of carboxylic acids is 1. The number of rotatable bonds is 2. The number of hydrogen-bond acceptors (Lipinski definition) is 4. The van der Waals surface area contributed by atoms with E-state index >= 15 is 0 Å². The maximum atomic E-state index is 12.6. The van der Waals surface area contributed by atoms with Gasteiger partial charge in [-0.3, -0.25) is 9.59 Å². The average molecular weight is 278 g/mol. The molecule has 0 aromatic carbocycles. The van der Waals surface area contributed by atoms with Crippen molar-refractivity contribution in [3.63, 3.8) is 0 Å². The smallest absolute Gasteiger partial charge is 0.307 e. The number of fused-ring (bicyclic) bond motifs is 1. The third kappa shape index (κ3) is 2.17. The Bertz CT molecular complexity index is 541. The quantitative estimate of drug-likeness (QED) is 0.844. The Hall–Kier alpha value is -1.92. The Labute approximate surface area is 116 Å². The summed E-state index contributed by atoms with van der Waals surface area (Å²) in [5.41, 5.74) is 0. The first-order chi connectivity index (χ1) is 9.56. The second kappa shape index (κ2) is 4.88. The molecule has 7 heteroatoms. The van der Waals surface area contributed by atoms with Crippen LogP contribution < -0.4 is 0 Å². The number of carbonyl (C=O) groups excluding carboxylic acids is 1. The summed E-state index contributed by atoms with van der Waals surface area (Å²) in [6, 6.07) is 0. The number of nitrogens with zero attached hydrogens (tertiary/aromatic N) is 4. The van der Waals surface area contributed by atoms with Crippen molar-refractivity contribution in [3.8, 4) is 0 Å². The van der Waals surface area contributed by atoms with E-state index in [9.17, 15) is 14.7 Å². The second-order valence-corrected chi connectivity index (χ2v) is 5.83. The van der Waals surface area contributed by atoms with Gasteiger partial charge in [0.05, 0.1) is 18.4 Å². The van der Waals surface area contributed by atoms with E-state index in [4.69, 9.17) is 0 Å². The van der Waals surface area contributed by atoms with Crippen molar-refractivity contribution in [1.82, 2.24) is 19.7 Å². The van der Waals surface area contributed by atoms with E-state index in [0.29, 0.717) is 38.4 Å². The summed E-state index contributed by atoms with van der Waals surface area (Å²) >= 11 is 0. The molecular formula is C13H18N4O3. The fourth-order valence-electron chi connectivity index (χ4n) is 3.33. The predicted octanol–water partition coefficient (Wildman–Crippen LogP) is 0.367. The monoisotopic (exact) mass is 278 g/mol. The Kier molecular flexibility index (Phi) is 3.19. The van der Waals surface area contributed by atoms with Crippen LogP contribution in [0.15, 0.2) is 6.33 Å². The summed E-state index contributed by atoms with van der Waals surface area (Å²) in [7, 11) is 0. The van der Waals surface area contributed by atoms with Gasteiger partial charge in [-0.25, -0.2) is 0 Å². The van der Waals surface area contributed by atoms with E-state index < -0.39 is 17.8 Å². The molecule has 1 fully saturated rings. The molecule has 3 atom stereocenters. The van der Waals surface area contributed by atoms with E-state index in [0.717, 1.165) is 5.82 Å². The van der Waals surface area contributed by atoms with Crippen LogP contribution in [-0.4, -0.2) is 43.2 Å². The minimum absolute atomic E-state index is 0.0454. The van der Waals surface area contributed by atoms with Crippen LogP contribution in [0.5, 0.6) is 0 Å². The molecule has 7 nitrogen and oxygen atoms in total. The molecule has 3 unspecified atom stereocenters. The van der Waals surface area contributed by atoms with Crippen LogP contribution in [0.3, 0.4) is 0 Å². The summed E-state index contributed by atoms with van der Waals surface area (Å²) < 4.78 is 1.93. The van der Waals surface area contributed by atoms with E-state index in [1.807, 2.05) is 11.5 Å². The van der Waals surface area contributed by atoms with Gasteiger partial charge in [0, 0.05) is 13.1 Å². The maximum Gasteiger partial charge on any atom is 0.307 e. The van der Waals surface area contributed by atoms with Gasteiger partial charge in [-0.1, -0.05) is 6.92 Å². The van der Waals surface area contributed by atoms with Crippen LogP contribution in [0.4, 0.5) is 0 Å². The van der Waals surface area contributed by atoms with Gasteiger partial charge in [0.1, 0.15) is 6.33 Å². The highest BCUT2D eigenvalue weighted by Gasteiger charge is 2.43. The van der Waals surface area contributed by atoms with E-state index in [1.165, 1.54) is 0 Å². The van der Waals surface area contributed by atoms with Crippen LogP contribution in [0.1, 0.15) is 25.6 Å². The molecule has 1 N–H and O–H groups in total. The Morgan fingerprint density at radius 3 is 2.80 bits per heavy atom. The molecule has 0 radical (unpaired) electrons. The molecule has 2 heterocycles. The zero-order chi connectivity index (χ0) is 14.3. The number of aliphatic carboxylic acids is 1. The molecule has 108 valence electrons. The summed E-state index contributed by atoms with van der Waals surface area (Å²) in [5, 5.41) is 17.1. The molecule has 2 aliphatic rings. The minimum Gasteiger partial charge on any atom is -0.481 e. The van der Waals surface area contributed by atoms with Crippen molar-refractivity contribution in [3.05, 3.63) is 12.2 Å². The largest absolute Gasteiger partial charge is 0.481 e. The first-order valence-electron chi connectivity index (χ1n) is 6.94. The lowest BCUT2D eigenvalue weighted by atomic mass is 9.94. The zero-order valence-electron chi connectivity index (χ0n) is 11.4. The lowest BCUT2D eigenvalue weighted by molar-refractivity contribution is -0.149. The Morgan fingerprint density at radius 2 is 2.05 bits per heavy atom. The van der Waals surface area contributed by atoms with Gasteiger partial charge in [0.25, 0.3) is 0 Å². The fourth-order valence-corrected chi connectivity index (χ4v) is 3.33. The number of hydrogen-bond donors (Lipinski definition) is 1. The van der Waals surface area contributed by atoms with Crippen molar-refractivity contribution in [2.75, 3.05) is 6.54 Å². The lowest BCUT2D eigenvalue weighted by Crippen LogP contribution is -2.43. The van der Waals surface area contributed by atoms with E-state index in [-0.39, 0.29) is 5.91 Å². The maximum absolute atomic E-state index is 12.6. The van der Waals surface area contributed by atoms with Crippen LogP contribution >= 0.6 is 0 Å². The van der Waals surface area contributed by atoms with Crippen molar-refractivity contribution in [1.29, 1.82) is 0 Å². The van der Waals surface area contributed by atoms with Crippen molar-refractivity contribution >= 4 is 11.9 Å². The molecule has 1 aromatic heterocycles. The third-order valence-corrected chi connectivity index (χ3v) is 4.38. The van der Waals surface area contributed by atoms with E-state index in [1.54, 1.807) is 11.2 Å². The first kappa shape index (κ1) is 13.1. The highest BCUT2D eigenvalue weighted by atomic mass is 16.4. The number of carbonyl (C=O) groups is 2. The fraction of sp³-hybridized carbons (Fsp3) is 0.692. The van der Waals surface area contributed by atoms with Gasteiger partial charge >= 0.3 is 5.97 Å². The van der Waals surface area contributed by atoms with Crippen LogP contribution in [-0.2, 0) is 22.7 Å². The highest BCUT2D eigenvalue weighted by molar-refractivity contribution is 5.85.